The molecule has 4 nitrogen and oxygen atoms in total. The van der Waals surface area contributed by atoms with E-state index in [0.717, 1.165) is 6.42 Å². The minimum atomic E-state index is -0.500. The lowest BCUT2D eigenvalue weighted by atomic mass is 9.83. The molecule has 0 fully saturated rings. The summed E-state index contributed by atoms with van der Waals surface area (Å²) in [5.41, 5.74) is 14.7. The lowest BCUT2D eigenvalue weighted by Gasteiger charge is -2.34. The number of fused-ring (bicyclic) bond motifs is 3. The number of benzene rings is 3. The summed E-state index contributed by atoms with van der Waals surface area (Å²) in [5.74, 6) is 0. The van der Waals surface area contributed by atoms with Crippen LogP contribution in [0.2, 0.25) is 0 Å². The Morgan fingerprint density at radius 1 is 0.921 bits per heavy atom. The standard InChI is InChI=1S/C26H29NS.C4H10O.C2H2.CH2O2/c1-8-21-18(5)26-25(19(6)24(21)20-11-9-15(2)10-12-20)22-13-16(3)17(4)14-23(22)28-27(26)7;1-4(2,3)5;1-2;2-1-3/h9-14H,8H2,1-7H3;5H,1-3H3;1-2H;1H,(H,2,3). The molecule has 0 aromatic heterocycles. The van der Waals surface area contributed by atoms with Crippen molar-refractivity contribution in [2.75, 3.05) is 11.4 Å². The van der Waals surface area contributed by atoms with E-state index in [2.05, 4.69) is 102 Å². The molecule has 0 saturated carbocycles. The second-order valence-corrected chi connectivity index (χ2v) is 11.5. The van der Waals surface area contributed by atoms with Crippen LogP contribution in [-0.4, -0.2) is 29.3 Å². The fraction of sp³-hybridized carbons (Fsp3) is 0.364. The molecule has 1 aliphatic heterocycles. The molecule has 0 spiro atoms. The fourth-order valence-electron chi connectivity index (χ4n) is 4.58. The fourth-order valence-corrected chi connectivity index (χ4v) is 5.68. The van der Waals surface area contributed by atoms with Crippen LogP contribution < -0.4 is 4.31 Å². The van der Waals surface area contributed by atoms with Crippen molar-refractivity contribution in [2.24, 2.45) is 0 Å². The first-order valence-corrected chi connectivity index (χ1v) is 13.4. The van der Waals surface area contributed by atoms with Gasteiger partial charge in [0, 0.05) is 17.5 Å². The van der Waals surface area contributed by atoms with E-state index in [1.165, 1.54) is 66.2 Å². The topological polar surface area (TPSA) is 60.8 Å². The van der Waals surface area contributed by atoms with E-state index in [1.807, 2.05) is 11.9 Å². The van der Waals surface area contributed by atoms with Crippen molar-refractivity contribution in [1.29, 1.82) is 0 Å². The van der Waals surface area contributed by atoms with Crippen LogP contribution in [0.3, 0.4) is 0 Å². The van der Waals surface area contributed by atoms with Gasteiger partial charge in [0.15, 0.2) is 0 Å². The molecule has 4 rings (SSSR count). The Bertz CT molecular complexity index is 1260. The molecule has 0 radical (unpaired) electrons. The van der Waals surface area contributed by atoms with Crippen molar-refractivity contribution in [3.05, 3.63) is 69.8 Å². The van der Waals surface area contributed by atoms with Gasteiger partial charge in [-0.2, -0.15) is 0 Å². The van der Waals surface area contributed by atoms with Crippen LogP contribution in [0, 0.1) is 47.5 Å². The van der Waals surface area contributed by atoms with Crippen LogP contribution in [0.15, 0.2) is 41.3 Å². The van der Waals surface area contributed by atoms with Gasteiger partial charge in [-0.15, -0.1) is 12.8 Å². The van der Waals surface area contributed by atoms with E-state index in [9.17, 15) is 0 Å². The number of rotatable bonds is 2. The number of aliphatic hydroxyl groups is 1. The van der Waals surface area contributed by atoms with Crippen molar-refractivity contribution in [2.45, 2.75) is 79.2 Å². The smallest absolute Gasteiger partial charge is 0.290 e. The highest BCUT2D eigenvalue weighted by atomic mass is 32.2. The predicted octanol–water partition coefficient (Wildman–Crippen LogP) is 8.31. The molecule has 3 aromatic rings. The number of nitrogens with zero attached hydrogens (tertiary/aromatic N) is 1. The van der Waals surface area contributed by atoms with Gasteiger partial charge in [-0.3, -0.25) is 4.79 Å². The minimum Gasteiger partial charge on any atom is -0.483 e. The first kappa shape index (κ1) is 32.8. The first-order chi connectivity index (χ1) is 17.7. The summed E-state index contributed by atoms with van der Waals surface area (Å²) in [6, 6.07) is 13.8. The summed E-state index contributed by atoms with van der Waals surface area (Å²) in [6.07, 6.45) is 9.04. The van der Waals surface area contributed by atoms with Crippen molar-refractivity contribution in [1.82, 2.24) is 0 Å². The Morgan fingerprint density at radius 2 is 1.39 bits per heavy atom. The van der Waals surface area contributed by atoms with E-state index in [4.69, 9.17) is 15.0 Å². The molecule has 3 aromatic carbocycles. The zero-order chi connectivity index (χ0) is 29.4. The van der Waals surface area contributed by atoms with Gasteiger partial charge in [0.25, 0.3) is 6.47 Å². The van der Waals surface area contributed by atoms with E-state index in [0.29, 0.717) is 0 Å². The maximum absolute atomic E-state index is 8.52. The Hall–Kier alpha value is -3.20. The molecule has 0 amide bonds. The van der Waals surface area contributed by atoms with Gasteiger partial charge in [-0.1, -0.05) is 36.8 Å². The van der Waals surface area contributed by atoms with E-state index < -0.39 is 5.60 Å². The van der Waals surface area contributed by atoms with Gasteiger partial charge in [0.1, 0.15) is 0 Å². The lowest BCUT2D eigenvalue weighted by Crippen LogP contribution is -2.17. The van der Waals surface area contributed by atoms with Gasteiger partial charge >= 0.3 is 0 Å². The summed E-state index contributed by atoms with van der Waals surface area (Å²) >= 11 is 1.86. The third-order valence-corrected chi connectivity index (χ3v) is 7.20. The summed E-state index contributed by atoms with van der Waals surface area (Å²) < 4.78 is 2.37. The lowest BCUT2D eigenvalue weighted by molar-refractivity contribution is -0.122. The summed E-state index contributed by atoms with van der Waals surface area (Å²) in [7, 11) is 2.21. The molecule has 0 bridgehead atoms. The largest absolute Gasteiger partial charge is 0.483 e. The molecule has 0 atom stereocenters. The van der Waals surface area contributed by atoms with Crippen LogP contribution in [0.4, 0.5) is 5.69 Å². The quantitative estimate of drug-likeness (QED) is 0.197. The number of aryl methyl sites for hydroxylation is 3. The maximum atomic E-state index is 8.52. The molecule has 38 heavy (non-hydrogen) atoms. The van der Waals surface area contributed by atoms with Gasteiger partial charge in [0.2, 0.25) is 0 Å². The number of anilines is 1. The monoisotopic (exact) mass is 533 g/mol. The average molecular weight is 534 g/mol. The number of carboxylic acid groups (broad SMARTS) is 1. The molecule has 2 N–H and O–H groups in total. The Kier molecular flexibility index (Phi) is 12.2. The van der Waals surface area contributed by atoms with Crippen LogP contribution in [0.5, 0.6) is 0 Å². The molecule has 1 heterocycles. The Balaban J connectivity index is 0.000000628. The van der Waals surface area contributed by atoms with Gasteiger partial charge in [-0.05, 0) is 130 Å². The minimum absolute atomic E-state index is 0.250. The highest BCUT2D eigenvalue weighted by Gasteiger charge is 2.28. The second-order valence-electron chi connectivity index (χ2n) is 10.3. The molecule has 204 valence electrons. The molecule has 1 aliphatic rings. The molecule has 0 aliphatic carbocycles. The zero-order valence-electron chi connectivity index (χ0n) is 24.6. The highest BCUT2D eigenvalue weighted by molar-refractivity contribution is 8.00. The summed E-state index contributed by atoms with van der Waals surface area (Å²) in [6.45, 7) is 18.5. The predicted molar refractivity (Wildman–Crippen MR) is 165 cm³/mol. The van der Waals surface area contributed by atoms with E-state index in [1.54, 1.807) is 20.8 Å². The number of carbonyl (C=O) groups is 1. The van der Waals surface area contributed by atoms with E-state index >= 15 is 0 Å². The van der Waals surface area contributed by atoms with Crippen LogP contribution in [0.25, 0.3) is 22.3 Å². The maximum Gasteiger partial charge on any atom is 0.290 e. The number of hydrogen-bond acceptors (Lipinski definition) is 4. The normalized spacial score (nSPS) is 11.3. The van der Waals surface area contributed by atoms with Crippen molar-refractivity contribution < 1.29 is 15.0 Å². The molecule has 0 unspecified atom stereocenters. The van der Waals surface area contributed by atoms with Gasteiger partial charge < -0.3 is 14.5 Å². The van der Waals surface area contributed by atoms with Crippen molar-refractivity contribution >= 4 is 24.1 Å². The van der Waals surface area contributed by atoms with Crippen LogP contribution in [-0.2, 0) is 11.2 Å². The zero-order valence-corrected chi connectivity index (χ0v) is 25.4. The SMILES string of the molecule is C#C.CC(C)(C)O.CCc1c(C)c2c(c(C)c1-c1ccc(C)cc1)-c1cc(C)c(C)cc1SN2C.O=CO. The van der Waals surface area contributed by atoms with E-state index in [-0.39, 0.29) is 6.47 Å². The number of hydrogen-bond donors (Lipinski definition) is 2. The number of terminal acetylenes is 1. The van der Waals surface area contributed by atoms with Crippen molar-refractivity contribution in [3.8, 4) is 35.1 Å². The van der Waals surface area contributed by atoms with Crippen molar-refractivity contribution in [3.63, 3.8) is 0 Å². The van der Waals surface area contributed by atoms with Gasteiger partial charge in [-0.25, -0.2) is 0 Å². The second kappa shape index (κ2) is 14.1. The Labute approximate surface area is 234 Å². The highest BCUT2D eigenvalue weighted by Crippen LogP contribution is 2.52. The Morgan fingerprint density at radius 3 is 1.87 bits per heavy atom. The first-order valence-electron chi connectivity index (χ1n) is 12.6. The summed E-state index contributed by atoms with van der Waals surface area (Å²) in [5, 5.41) is 15.4. The third-order valence-electron chi connectivity index (χ3n) is 6.21. The van der Waals surface area contributed by atoms with Crippen LogP contribution in [0.1, 0.15) is 61.1 Å². The third kappa shape index (κ3) is 7.90. The summed E-state index contributed by atoms with van der Waals surface area (Å²) in [4.78, 5) is 9.72. The van der Waals surface area contributed by atoms with Gasteiger partial charge in [0.05, 0.1) is 11.3 Å². The average Bonchev–Trinajstić information content (AvgIpc) is 2.83. The molecular formula is C33H43NO3S. The van der Waals surface area contributed by atoms with Crippen LogP contribution >= 0.6 is 11.9 Å². The molecule has 0 saturated heterocycles. The molecule has 5 heteroatoms. The molecular weight excluding hydrogens is 490 g/mol.